The van der Waals surface area contributed by atoms with Gasteiger partial charge < -0.3 is 9.47 Å². The average Bonchev–Trinajstić information content (AvgIpc) is 2.28. The summed E-state index contributed by atoms with van der Waals surface area (Å²) in [6.07, 6.45) is 0. The van der Waals surface area contributed by atoms with Crippen molar-refractivity contribution in [2.75, 3.05) is 14.2 Å². The van der Waals surface area contributed by atoms with Gasteiger partial charge in [-0.25, -0.2) is 0 Å². The fourth-order valence-corrected chi connectivity index (χ4v) is 1.52. The number of methoxy groups -OCH3 is 2. The first-order valence-electron chi connectivity index (χ1n) is 4.95. The first kappa shape index (κ1) is 12.2. The molecule has 0 unspecified atom stereocenters. The van der Waals surface area contributed by atoms with Crippen molar-refractivity contribution >= 4 is 5.69 Å². The van der Waals surface area contributed by atoms with Crippen LogP contribution < -0.4 is 9.47 Å². The Morgan fingerprint density at radius 2 is 1.94 bits per heavy atom. The molecule has 0 saturated carbocycles. The summed E-state index contributed by atoms with van der Waals surface area (Å²) < 4.78 is 10.5. The van der Waals surface area contributed by atoms with E-state index in [4.69, 9.17) is 15.0 Å². The molecule has 0 aromatic heterocycles. The van der Waals surface area contributed by atoms with E-state index < -0.39 is 0 Å². The second-order valence-corrected chi connectivity index (χ2v) is 3.61. The van der Waals surface area contributed by atoms with Crippen molar-refractivity contribution in [1.82, 2.24) is 0 Å². The van der Waals surface area contributed by atoms with Crippen molar-refractivity contribution in [3.8, 4) is 11.5 Å². The topological polar surface area (TPSA) is 67.2 Å². The Bertz CT molecular complexity index is 423. The van der Waals surface area contributed by atoms with E-state index in [9.17, 15) is 0 Å². The lowest BCUT2D eigenvalue weighted by Gasteiger charge is -2.15. The van der Waals surface area contributed by atoms with Gasteiger partial charge in [0, 0.05) is 16.2 Å². The Labute approximate surface area is 94.6 Å². The maximum absolute atomic E-state index is 8.43. The molecule has 0 aliphatic heterocycles. The van der Waals surface area contributed by atoms with Gasteiger partial charge in [-0.2, -0.15) is 0 Å². The average molecular weight is 221 g/mol. The second-order valence-electron chi connectivity index (χ2n) is 3.61. The zero-order valence-electron chi connectivity index (χ0n) is 9.89. The zero-order chi connectivity index (χ0) is 12.1. The van der Waals surface area contributed by atoms with Crippen molar-refractivity contribution in [3.63, 3.8) is 0 Å². The molecule has 0 amide bonds. The molecule has 5 nitrogen and oxygen atoms in total. The fourth-order valence-electron chi connectivity index (χ4n) is 1.52. The van der Waals surface area contributed by atoms with Gasteiger partial charge in [-0.1, -0.05) is 19.0 Å². The quantitative estimate of drug-likeness (QED) is 0.441. The minimum atomic E-state index is 0.262. The molecule has 1 rings (SSSR count). The lowest BCUT2D eigenvalue weighted by atomic mass is 10.0. The van der Waals surface area contributed by atoms with Crippen LogP contribution in [0.2, 0.25) is 0 Å². The summed E-state index contributed by atoms with van der Waals surface area (Å²) >= 11 is 0. The van der Waals surface area contributed by atoms with E-state index in [-0.39, 0.29) is 5.92 Å². The van der Waals surface area contributed by atoms with E-state index >= 15 is 0 Å². The third-order valence-corrected chi connectivity index (χ3v) is 2.27. The number of azide groups is 1. The summed E-state index contributed by atoms with van der Waals surface area (Å²) in [5.74, 6) is 1.53. The molecule has 0 saturated heterocycles. The van der Waals surface area contributed by atoms with Gasteiger partial charge in [0.1, 0.15) is 0 Å². The highest BCUT2D eigenvalue weighted by Crippen LogP contribution is 2.39. The molecule has 0 heterocycles. The maximum atomic E-state index is 8.43. The van der Waals surface area contributed by atoms with Crippen LogP contribution in [0.15, 0.2) is 17.2 Å². The van der Waals surface area contributed by atoms with E-state index in [1.807, 2.05) is 19.9 Å². The molecule has 16 heavy (non-hydrogen) atoms. The van der Waals surface area contributed by atoms with E-state index in [2.05, 4.69) is 10.0 Å². The van der Waals surface area contributed by atoms with Gasteiger partial charge in [-0.3, -0.25) is 0 Å². The van der Waals surface area contributed by atoms with Crippen molar-refractivity contribution in [3.05, 3.63) is 28.1 Å². The molecule has 0 radical (unpaired) electrons. The SMILES string of the molecule is COc1cc(N=[N+]=[N-])cc(C(C)C)c1OC. The fraction of sp³-hybridized carbons (Fsp3) is 0.455. The van der Waals surface area contributed by atoms with Crippen LogP contribution in [0.25, 0.3) is 10.4 Å². The zero-order valence-corrected chi connectivity index (χ0v) is 9.89. The van der Waals surface area contributed by atoms with Gasteiger partial charge in [0.15, 0.2) is 11.5 Å². The third kappa shape index (κ3) is 2.38. The molecule has 1 aromatic carbocycles. The van der Waals surface area contributed by atoms with Crippen molar-refractivity contribution in [2.24, 2.45) is 5.11 Å². The van der Waals surface area contributed by atoms with Crippen LogP contribution in [0.1, 0.15) is 25.3 Å². The summed E-state index contributed by atoms with van der Waals surface area (Å²) in [6, 6.07) is 3.47. The van der Waals surface area contributed by atoms with Crippen LogP contribution in [0.3, 0.4) is 0 Å². The smallest absolute Gasteiger partial charge is 0.164 e. The Morgan fingerprint density at radius 1 is 1.25 bits per heavy atom. The number of hydrogen-bond donors (Lipinski definition) is 0. The summed E-state index contributed by atoms with van der Waals surface area (Å²) in [5, 5.41) is 3.58. The number of nitrogens with zero attached hydrogens (tertiary/aromatic N) is 3. The first-order chi connectivity index (χ1) is 7.63. The molecule has 0 aliphatic rings. The maximum Gasteiger partial charge on any atom is 0.164 e. The molecule has 0 fully saturated rings. The molecule has 0 atom stereocenters. The highest BCUT2D eigenvalue weighted by atomic mass is 16.5. The predicted molar refractivity (Wildman–Crippen MR) is 62.4 cm³/mol. The van der Waals surface area contributed by atoms with E-state index in [0.29, 0.717) is 17.2 Å². The Hall–Kier alpha value is -1.87. The summed E-state index contributed by atoms with van der Waals surface area (Å²) in [4.78, 5) is 2.77. The van der Waals surface area contributed by atoms with Crippen LogP contribution in [0, 0.1) is 0 Å². The van der Waals surface area contributed by atoms with Crippen LogP contribution in [0.4, 0.5) is 5.69 Å². The normalized spacial score (nSPS) is 9.81. The predicted octanol–water partition coefficient (Wildman–Crippen LogP) is 3.77. The van der Waals surface area contributed by atoms with Crippen LogP contribution in [0.5, 0.6) is 11.5 Å². The van der Waals surface area contributed by atoms with Crippen molar-refractivity contribution < 1.29 is 9.47 Å². The molecule has 0 N–H and O–H groups in total. The standard InChI is InChI=1S/C11H15N3O2/c1-7(2)9-5-8(13-14-12)6-10(15-3)11(9)16-4/h5-7H,1-4H3. The largest absolute Gasteiger partial charge is 0.493 e. The number of hydrogen-bond acceptors (Lipinski definition) is 3. The molecule has 0 spiro atoms. The van der Waals surface area contributed by atoms with Crippen molar-refractivity contribution in [1.29, 1.82) is 0 Å². The highest BCUT2D eigenvalue weighted by Gasteiger charge is 2.14. The molecule has 86 valence electrons. The molecule has 1 aromatic rings. The van der Waals surface area contributed by atoms with Gasteiger partial charge in [-0.05, 0) is 23.6 Å². The Kier molecular flexibility index (Phi) is 4.03. The molecule has 5 heteroatoms. The highest BCUT2D eigenvalue weighted by molar-refractivity contribution is 5.57. The third-order valence-electron chi connectivity index (χ3n) is 2.27. The summed E-state index contributed by atoms with van der Waals surface area (Å²) in [6.45, 7) is 4.08. The van der Waals surface area contributed by atoms with E-state index in [1.54, 1.807) is 20.3 Å². The summed E-state index contributed by atoms with van der Waals surface area (Å²) in [5.41, 5.74) is 9.92. The van der Waals surface area contributed by atoms with Crippen LogP contribution in [-0.4, -0.2) is 14.2 Å². The number of benzene rings is 1. The molecule has 0 aliphatic carbocycles. The van der Waals surface area contributed by atoms with E-state index in [1.165, 1.54) is 0 Å². The second kappa shape index (κ2) is 5.28. The van der Waals surface area contributed by atoms with Crippen LogP contribution >= 0.6 is 0 Å². The van der Waals surface area contributed by atoms with Gasteiger partial charge in [0.05, 0.1) is 14.2 Å². The van der Waals surface area contributed by atoms with Gasteiger partial charge in [0.25, 0.3) is 0 Å². The molecular weight excluding hydrogens is 206 g/mol. The summed E-state index contributed by atoms with van der Waals surface area (Å²) in [7, 11) is 3.15. The number of ether oxygens (including phenoxy) is 2. The first-order valence-corrected chi connectivity index (χ1v) is 4.95. The Morgan fingerprint density at radius 3 is 2.38 bits per heavy atom. The molecular formula is C11H15N3O2. The van der Waals surface area contributed by atoms with Crippen LogP contribution in [-0.2, 0) is 0 Å². The molecule has 0 bridgehead atoms. The monoisotopic (exact) mass is 221 g/mol. The minimum Gasteiger partial charge on any atom is -0.493 e. The lowest BCUT2D eigenvalue weighted by molar-refractivity contribution is 0.350. The lowest BCUT2D eigenvalue weighted by Crippen LogP contribution is -1.97. The number of rotatable bonds is 4. The minimum absolute atomic E-state index is 0.262. The van der Waals surface area contributed by atoms with Crippen molar-refractivity contribution in [2.45, 2.75) is 19.8 Å². The van der Waals surface area contributed by atoms with Gasteiger partial charge in [-0.15, -0.1) is 0 Å². The van der Waals surface area contributed by atoms with Gasteiger partial charge >= 0.3 is 0 Å². The Balaban J connectivity index is 3.42. The van der Waals surface area contributed by atoms with E-state index in [0.717, 1.165) is 5.56 Å². The van der Waals surface area contributed by atoms with Gasteiger partial charge in [0.2, 0.25) is 0 Å².